The Labute approximate surface area is 176 Å². The monoisotopic (exact) mass is 418 g/mol. The number of nitrogens with zero attached hydrogens (tertiary/aromatic N) is 1. The van der Waals surface area contributed by atoms with Gasteiger partial charge >= 0.3 is 0 Å². The number of nitrogens with one attached hydrogen (secondary N) is 1. The highest BCUT2D eigenvalue weighted by atomic mass is 35.5. The fourth-order valence-electron chi connectivity index (χ4n) is 2.73. The summed E-state index contributed by atoms with van der Waals surface area (Å²) in [6.45, 7) is 6.11. The second kappa shape index (κ2) is 11.1. The molecule has 0 bridgehead atoms. The topological polar surface area (TPSA) is 49.4 Å². The lowest BCUT2D eigenvalue weighted by Crippen LogP contribution is -2.50. The van der Waals surface area contributed by atoms with Crippen LogP contribution in [0.4, 0.5) is 0 Å². The van der Waals surface area contributed by atoms with Crippen LogP contribution >= 0.6 is 23.4 Å². The quantitative estimate of drug-likeness (QED) is 0.613. The van der Waals surface area contributed by atoms with Crippen molar-refractivity contribution < 1.29 is 9.59 Å². The number of hydrogen-bond acceptors (Lipinski definition) is 3. The van der Waals surface area contributed by atoms with Gasteiger partial charge in [-0.25, -0.2) is 0 Å². The summed E-state index contributed by atoms with van der Waals surface area (Å²) in [5.41, 5.74) is 1.14. The predicted octanol–water partition coefficient (Wildman–Crippen LogP) is 4.42. The molecule has 28 heavy (non-hydrogen) atoms. The summed E-state index contributed by atoms with van der Waals surface area (Å²) < 4.78 is 0. The van der Waals surface area contributed by atoms with Gasteiger partial charge in [-0.3, -0.25) is 9.59 Å². The molecule has 0 spiro atoms. The van der Waals surface area contributed by atoms with Crippen LogP contribution in [0.5, 0.6) is 0 Å². The van der Waals surface area contributed by atoms with E-state index < -0.39 is 6.04 Å². The number of benzene rings is 2. The van der Waals surface area contributed by atoms with E-state index in [4.69, 9.17) is 11.6 Å². The summed E-state index contributed by atoms with van der Waals surface area (Å²) in [5, 5.41) is 3.57. The third kappa shape index (κ3) is 7.21. The van der Waals surface area contributed by atoms with Crippen LogP contribution in [-0.4, -0.2) is 41.1 Å². The Morgan fingerprint density at radius 3 is 2.29 bits per heavy atom. The number of carbonyl (C=O) groups excluding carboxylic acids is 2. The lowest BCUT2D eigenvalue weighted by atomic mass is 10.1. The van der Waals surface area contributed by atoms with Gasteiger partial charge in [0.25, 0.3) is 0 Å². The molecule has 0 fully saturated rings. The van der Waals surface area contributed by atoms with Gasteiger partial charge in [-0.1, -0.05) is 41.9 Å². The molecule has 0 heterocycles. The predicted molar refractivity (Wildman–Crippen MR) is 117 cm³/mol. The number of amides is 2. The van der Waals surface area contributed by atoms with Crippen LogP contribution in [0.3, 0.4) is 0 Å². The molecule has 0 radical (unpaired) electrons. The number of hydrogen-bond donors (Lipinski definition) is 1. The first-order valence-electron chi connectivity index (χ1n) is 9.39. The number of thioether (sulfide) groups is 1. The third-order valence-electron chi connectivity index (χ3n) is 4.26. The zero-order chi connectivity index (χ0) is 20.5. The van der Waals surface area contributed by atoms with Gasteiger partial charge in [0.05, 0.1) is 5.75 Å². The highest BCUT2D eigenvalue weighted by Gasteiger charge is 2.26. The summed E-state index contributed by atoms with van der Waals surface area (Å²) in [6, 6.07) is 16.9. The minimum Gasteiger partial charge on any atom is -0.352 e. The molecule has 0 aromatic heterocycles. The molecular formula is C22H27ClN2O2S. The summed E-state index contributed by atoms with van der Waals surface area (Å²) in [7, 11) is 0. The SMILES string of the molecule is CC(C)NC(=O)[C@H](C)N(CCc1ccccc1)C(=O)CSc1ccc(Cl)cc1. The van der Waals surface area contributed by atoms with Gasteiger partial charge in [0.2, 0.25) is 11.8 Å². The fraction of sp³-hybridized carbons (Fsp3) is 0.364. The maximum atomic E-state index is 12.9. The second-order valence-electron chi connectivity index (χ2n) is 6.90. The first-order chi connectivity index (χ1) is 13.4. The Hall–Kier alpha value is -1.98. The Bertz CT molecular complexity index is 766. The van der Waals surface area contributed by atoms with Crippen molar-refractivity contribution in [3.8, 4) is 0 Å². The van der Waals surface area contributed by atoms with Crippen molar-refractivity contribution in [2.24, 2.45) is 0 Å². The maximum absolute atomic E-state index is 12.9. The summed E-state index contributed by atoms with van der Waals surface area (Å²) in [5.74, 6) is 0.0885. The van der Waals surface area contributed by atoms with Crippen molar-refractivity contribution in [3.05, 3.63) is 65.2 Å². The average molecular weight is 419 g/mol. The normalized spacial score (nSPS) is 11.9. The molecular weight excluding hydrogens is 392 g/mol. The van der Waals surface area contributed by atoms with E-state index in [1.165, 1.54) is 11.8 Å². The molecule has 0 aliphatic carbocycles. The van der Waals surface area contributed by atoms with Crippen LogP contribution in [0.25, 0.3) is 0 Å². The van der Waals surface area contributed by atoms with Gasteiger partial charge in [-0.2, -0.15) is 0 Å². The molecule has 2 aromatic rings. The number of rotatable bonds is 9. The smallest absolute Gasteiger partial charge is 0.242 e. The van der Waals surface area contributed by atoms with Crippen LogP contribution in [0, 0.1) is 0 Å². The Morgan fingerprint density at radius 2 is 1.68 bits per heavy atom. The molecule has 150 valence electrons. The van der Waals surface area contributed by atoms with E-state index in [1.54, 1.807) is 24.0 Å². The summed E-state index contributed by atoms with van der Waals surface area (Å²) in [4.78, 5) is 28.1. The van der Waals surface area contributed by atoms with Gasteiger partial charge in [0, 0.05) is 22.5 Å². The van der Waals surface area contributed by atoms with E-state index in [1.807, 2.05) is 56.3 Å². The van der Waals surface area contributed by atoms with Crippen molar-refractivity contribution >= 4 is 35.2 Å². The standard InChI is InChI=1S/C22H27ClN2O2S/c1-16(2)24-22(27)17(3)25(14-13-18-7-5-4-6-8-18)21(26)15-28-20-11-9-19(23)10-12-20/h4-12,16-17H,13-15H2,1-3H3,(H,24,27)/t17-/m0/s1. The number of halogens is 1. The Morgan fingerprint density at radius 1 is 1.04 bits per heavy atom. The van der Waals surface area contributed by atoms with Gasteiger partial charge in [0.1, 0.15) is 6.04 Å². The lowest BCUT2D eigenvalue weighted by molar-refractivity contribution is -0.138. The molecule has 4 nitrogen and oxygen atoms in total. The van der Waals surface area contributed by atoms with Crippen molar-refractivity contribution in [1.29, 1.82) is 0 Å². The summed E-state index contributed by atoms with van der Waals surface area (Å²) in [6.07, 6.45) is 0.706. The van der Waals surface area contributed by atoms with Gasteiger partial charge in [0.15, 0.2) is 0 Å². The fourth-order valence-corrected chi connectivity index (χ4v) is 3.64. The summed E-state index contributed by atoms with van der Waals surface area (Å²) >= 11 is 7.36. The highest BCUT2D eigenvalue weighted by Crippen LogP contribution is 2.21. The van der Waals surface area contributed by atoms with Gasteiger partial charge in [-0.05, 0) is 57.0 Å². The van der Waals surface area contributed by atoms with Crippen molar-refractivity contribution in [2.45, 2.75) is 44.2 Å². The van der Waals surface area contributed by atoms with E-state index in [9.17, 15) is 9.59 Å². The van der Waals surface area contributed by atoms with Crippen LogP contribution in [0.15, 0.2) is 59.5 Å². The van der Waals surface area contributed by atoms with Crippen LogP contribution < -0.4 is 5.32 Å². The van der Waals surface area contributed by atoms with E-state index >= 15 is 0 Å². The molecule has 2 aromatic carbocycles. The minimum atomic E-state index is -0.524. The largest absolute Gasteiger partial charge is 0.352 e. The molecule has 0 saturated carbocycles. The van der Waals surface area contributed by atoms with Crippen LogP contribution in [0.2, 0.25) is 5.02 Å². The highest BCUT2D eigenvalue weighted by molar-refractivity contribution is 8.00. The molecule has 6 heteroatoms. The first-order valence-corrected chi connectivity index (χ1v) is 10.8. The first kappa shape index (κ1) is 22.3. The van der Waals surface area contributed by atoms with Crippen molar-refractivity contribution in [2.75, 3.05) is 12.3 Å². The maximum Gasteiger partial charge on any atom is 0.242 e. The molecule has 0 aliphatic heterocycles. The molecule has 0 saturated heterocycles. The zero-order valence-electron chi connectivity index (χ0n) is 16.5. The molecule has 0 aliphatic rings. The molecule has 2 rings (SSSR count). The van der Waals surface area contributed by atoms with E-state index in [0.717, 1.165) is 10.5 Å². The second-order valence-corrected chi connectivity index (χ2v) is 8.39. The molecule has 0 unspecified atom stereocenters. The van der Waals surface area contributed by atoms with E-state index in [2.05, 4.69) is 5.32 Å². The molecule has 1 N–H and O–H groups in total. The van der Waals surface area contributed by atoms with E-state index in [-0.39, 0.29) is 23.6 Å². The van der Waals surface area contributed by atoms with E-state index in [0.29, 0.717) is 18.0 Å². The lowest BCUT2D eigenvalue weighted by Gasteiger charge is -2.29. The van der Waals surface area contributed by atoms with Crippen LogP contribution in [-0.2, 0) is 16.0 Å². The van der Waals surface area contributed by atoms with Crippen LogP contribution in [0.1, 0.15) is 26.3 Å². The van der Waals surface area contributed by atoms with Gasteiger partial charge < -0.3 is 10.2 Å². The molecule has 1 atom stereocenters. The Kier molecular flexibility index (Phi) is 8.87. The zero-order valence-corrected chi connectivity index (χ0v) is 18.1. The minimum absolute atomic E-state index is 0.0319. The Balaban J connectivity index is 2.05. The van der Waals surface area contributed by atoms with Crippen molar-refractivity contribution in [1.82, 2.24) is 10.2 Å². The third-order valence-corrected chi connectivity index (χ3v) is 5.51. The van der Waals surface area contributed by atoms with Crippen molar-refractivity contribution in [3.63, 3.8) is 0 Å². The molecule has 2 amide bonds. The average Bonchev–Trinajstić information content (AvgIpc) is 2.67. The number of carbonyl (C=O) groups is 2. The van der Waals surface area contributed by atoms with Gasteiger partial charge in [-0.15, -0.1) is 11.8 Å².